The number of hydrogen-bond acceptors (Lipinski definition) is 3. The van der Waals surface area contributed by atoms with E-state index in [1.165, 1.54) is 15.6 Å². The van der Waals surface area contributed by atoms with E-state index in [0.717, 1.165) is 5.69 Å². The molecule has 31 heavy (non-hydrogen) atoms. The van der Waals surface area contributed by atoms with Gasteiger partial charge in [-0.3, -0.25) is 4.79 Å². The van der Waals surface area contributed by atoms with Gasteiger partial charge in [0.25, 0.3) is 8.24 Å². The van der Waals surface area contributed by atoms with E-state index in [-0.39, 0.29) is 12.2 Å². The number of esters is 1. The number of ether oxygens (including phenoxy) is 1. The number of para-hydroxylation sites is 1. The molecule has 1 heterocycles. The van der Waals surface area contributed by atoms with Gasteiger partial charge in [-0.15, -0.1) is 0 Å². The van der Waals surface area contributed by atoms with Crippen molar-refractivity contribution in [2.45, 2.75) is 12.6 Å². The van der Waals surface area contributed by atoms with Gasteiger partial charge in [0.15, 0.2) is 6.23 Å². The third-order valence-electron chi connectivity index (χ3n) is 5.87. The van der Waals surface area contributed by atoms with Gasteiger partial charge in [-0.05, 0) is 27.7 Å². The van der Waals surface area contributed by atoms with Gasteiger partial charge < -0.3 is 9.30 Å². The third-order valence-corrected chi connectivity index (χ3v) is 10.6. The van der Waals surface area contributed by atoms with Gasteiger partial charge in [0, 0.05) is 5.69 Å². The van der Waals surface area contributed by atoms with Gasteiger partial charge in [0.1, 0.15) is 6.42 Å². The van der Waals surface area contributed by atoms with Crippen molar-refractivity contribution in [2.24, 2.45) is 0 Å². The van der Waals surface area contributed by atoms with Gasteiger partial charge in [0.2, 0.25) is 0 Å². The van der Waals surface area contributed by atoms with Gasteiger partial charge in [-0.1, -0.05) is 109 Å². The van der Waals surface area contributed by atoms with E-state index in [2.05, 4.69) is 108 Å². The molecule has 1 atom stereocenters. The summed E-state index contributed by atoms with van der Waals surface area (Å²) in [6.07, 6.45) is 0.0815. The third kappa shape index (κ3) is 3.35. The van der Waals surface area contributed by atoms with Crippen molar-refractivity contribution in [1.82, 2.24) is 0 Å². The number of carbonyl (C=O) groups excluding carboxylic acids is 1. The zero-order valence-corrected chi connectivity index (χ0v) is 18.1. The number of rotatable bonds is 6. The molecule has 0 spiro atoms. The molecule has 0 radical (unpaired) electrons. The SMILES string of the molecule is O=C1CC(N(c2ccccc2)[Si](c2ccccc2)(c2ccccc2)c2ccccc2)O1. The highest BCUT2D eigenvalue weighted by molar-refractivity contribution is 7.13. The molecule has 1 saturated heterocycles. The molecule has 0 N–H and O–H groups in total. The van der Waals surface area contributed by atoms with Crippen molar-refractivity contribution in [1.29, 1.82) is 0 Å². The molecule has 152 valence electrons. The second-order valence-corrected chi connectivity index (χ2v) is 11.3. The summed E-state index contributed by atoms with van der Waals surface area (Å²) in [4.78, 5) is 11.9. The van der Waals surface area contributed by atoms with E-state index in [9.17, 15) is 4.79 Å². The Balaban J connectivity index is 1.87. The summed E-state index contributed by atoms with van der Waals surface area (Å²) < 4.78 is 8.15. The van der Waals surface area contributed by atoms with Crippen LogP contribution in [0.5, 0.6) is 0 Å². The monoisotopic (exact) mass is 421 g/mol. The molecule has 0 saturated carbocycles. The predicted molar refractivity (Wildman–Crippen MR) is 127 cm³/mol. The topological polar surface area (TPSA) is 29.5 Å². The maximum Gasteiger partial charge on any atom is 0.313 e. The van der Waals surface area contributed by atoms with E-state index in [4.69, 9.17) is 4.74 Å². The first-order valence-electron chi connectivity index (χ1n) is 10.5. The first kappa shape index (κ1) is 19.3. The van der Waals surface area contributed by atoms with Crippen molar-refractivity contribution in [3.63, 3.8) is 0 Å². The lowest BCUT2D eigenvalue weighted by molar-refractivity contribution is -0.167. The Kier molecular flexibility index (Phi) is 5.14. The van der Waals surface area contributed by atoms with Crippen LogP contribution in [0, 0.1) is 0 Å². The minimum atomic E-state index is -2.80. The molecule has 1 fully saturated rings. The molecule has 4 aromatic rings. The summed E-state index contributed by atoms with van der Waals surface area (Å²) in [5.74, 6) is -0.150. The van der Waals surface area contributed by atoms with Crippen LogP contribution in [0.1, 0.15) is 6.42 Å². The van der Waals surface area contributed by atoms with Crippen molar-refractivity contribution < 1.29 is 9.53 Å². The summed E-state index contributed by atoms with van der Waals surface area (Å²) >= 11 is 0. The van der Waals surface area contributed by atoms with Crippen molar-refractivity contribution in [2.75, 3.05) is 4.57 Å². The Morgan fingerprint density at radius 1 is 0.613 bits per heavy atom. The fourth-order valence-corrected chi connectivity index (χ4v) is 9.52. The molecular formula is C27H23NO2Si. The Hall–Kier alpha value is -3.63. The molecular weight excluding hydrogens is 398 g/mol. The predicted octanol–water partition coefficient (Wildman–Crippen LogP) is 3.43. The van der Waals surface area contributed by atoms with Gasteiger partial charge in [0.05, 0.1) is 0 Å². The number of carbonyl (C=O) groups is 1. The number of anilines is 1. The smallest absolute Gasteiger partial charge is 0.313 e. The van der Waals surface area contributed by atoms with Crippen LogP contribution in [0.3, 0.4) is 0 Å². The standard InChI is InChI=1S/C27H23NO2Si/c29-27-21-26(30-27)28(22-13-5-1-6-14-22)31(23-15-7-2-8-16-23,24-17-9-3-10-18-24)25-19-11-4-12-20-25/h1-20,26H,21H2. The van der Waals surface area contributed by atoms with Crippen molar-refractivity contribution >= 4 is 35.5 Å². The van der Waals surface area contributed by atoms with Crippen LogP contribution < -0.4 is 20.1 Å². The normalized spacial score (nSPS) is 15.6. The maximum absolute atomic E-state index is 11.9. The van der Waals surface area contributed by atoms with Gasteiger partial charge in [-0.2, -0.15) is 0 Å². The Bertz CT molecular complexity index is 1050. The van der Waals surface area contributed by atoms with E-state index in [0.29, 0.717) is 6.42 Å². The Labute approximate surface area is 183 Å². The zero-order valence-electron chi connectivity index (χ0n) is 17.1. The molecule has 0 bridgehead atoms. The van der Waals surface area contributed by atoms with Crippen LogP contribution in [0.2, 0.25) is 0 Å². The second-order valence-electron chi connectivity index (χ2n) is 7.66. The lowest BCUT2D eigenvalue weighted by Gasteiger charge is -2.50. The maximum atomic E-state index is 11.9. The van der Waals surface area contributed by atoms with E-state index < -0.39 is 8.24 Å². The summed E-state index contributed by atoms with van der Waals surface area (Å²) in [7, 11) is -2.80. The summed E-state index contributed by atoms with van der Waals surface area (Å²) in [5, 5.41) is 3.75. The lowest BCUT2D eigenvalue weighted by atomic mass is 10.2. The molecule has 5 rings (SSSR count). The first-order chi connectivity index (χ1) is 15.3. The number of nitrogens with zero attached hydrogens (tertiary/aromatic N) is 1. The highest BCUT2D eigenvalue weighted by atomic mass is 28.3. The average Bonchev–Trinajstić information content (AvgIpc) is 2.83. The molecule has 4 aromatic carbocycles. The highest BCUT2D eigenvalue weighted by Gasteiger charge is 2.52. The van der Waals surface area contributed by atoms with Crippen LogP contribution in [-0.4, -0.2) is 20.4 Å². The van der Waals surface area contributed by atoms with Crippen LogP contribution >= 0.6 is 0 Å². The first-order valence-corrected chi connectivity index (χ1v) is 12.5. The van der Waals surface area contributed by atoms with E-state index in [1.54, 1.807) is 0 Å². The average molecular weight is 422 g/mol. The lowest BCUT2D eigenvalue weighted by Crippen LogP contribution is -2.80. The minimum Gasteiger partial charge on any atom is -0.442 e. The number of hydrogen-bond donors (Lipinski definition) is 0. The van der Waals surface area contributed by atoms with Crippen LogP contribution in [0.4, 0.5) is 5.69 Å². The molecule has 1 aliphatic rings. The molecule has 3 nitrogen and oxygen atoms in total. The molecule has 0 aromatic heterocycles. The Morgan fingerprint density at radius 2 is 0.968 bits per heavy atom. The molecule has 0 amide bonds. The number of benzene rings is 4. The molecule has 0 aliphatic carbocycles. The highest BCUT2D eigenvalue weighted by Crippen LogP contribution is 2.30. The Morgan fingerprint density at radius 3 is 1.32 bits per heavy atom. The molecule has 1 unspecified atom stereocenters. The minimum absolute atomic E-state index is 0.150. The van der Waals surface area contributed by atoms with Crippen molar-refractivity contribution in [3.8, 4) is 0 Å². The van der Waals surface area contributed by atoms with Gasteiger partial charge in [-0.25, -0.2) is 0 Å². The second kappa shape index (κ2) is 8.24. The molecule has 4 heteroatoms. The fraction of sp³-hybridized carbons (Fsp3) is 0.0741. The van der Waals surface area contributed by atoms with Crippen molar-refractivity contribution in [3.05, 3.63) is 121 Å². The fourth-order valence-electron chi connectivity index (χ4n) is 4.55. The number of cyclic esters (lactones) is 1. The molecule has 1 aliphatic heterocycles. The van der Waals surface area contributed by atoms with E-state index in [1.807, 2.05) is 18.2 Å². The van der Waals surface area contributed by atoms with Crippen LogP contribution in [0.25, 0.3) is 0 Å². The van der Waals surface area contributed by atoms with Crippen LogP contribution in [0.15, 0.2) is 121 Å². The summed E-state index contributed by atoms with van der Waals surface area (Å²) in [5.41, 5.74) is 1.06. The van der Waals surface area contributed by atoms with Crippen LogP contribution in [-0.2, 0) is 9.53 Å². The summed E-state index contributed by atoms with van der Waals surface area (Å²) in [6, 6.07) is 42.3. The van der Waals surface area contributed by atoms with E-state index >= 15 is 0 Å². The zero-order chi connectivity index (χ0) is 21.1. The largest absolute Gasteiger partial charge is 0.442 e. The quantitative estimate of drug-likeness (QED) is 0.271. The summed E-state index contributed by atoms with van der Waals surface area (Å²) in [6.45, 7) is 0. The van der Waals surface area contributed by atoms with Gasteiger partial charge >= 0.3 is 5.97 Å².